The maximum Gasteiger partial charge on any atom is 0.324 e. The van der Waals surface area contributed by atoms with Crippen LogP contribution in [0.15, 0.2) is 0 Å². The molecule has 0 spiro atoms. The van der Waals surface area contributed by atoms with Crippen LogP contribution in [-0.2, 0) is 9.53 Å². The van der Waals surface area contributed by atoms with Crippen molar-refractivity contribution in [2.75, 3.05) is 26.2 Å². The molecular weight excluding hydrogens is 252 g/mol. The lowest BCUT2D eigenvalue weighted by Gasteiger charge is -2.33. The van der Waals surface area contributed by atoms with E-state index in [4.69, 9.17) is 4.74 Å². The van der Waals surface area contributed by atoms with Gasteiger partial charge in [0.2, 0.25) is 0 Å². The predicted octanol–water partition coefficient (Wildman–Crippen LogP) is 2.43. The quantitative estimate of drug-likeness (QED) is 0.660. The van der Waals surface area contributed by atoms with Gasteiger partial charge in [0, 0.05) is 19.1 Å². The lowest BCUT2D eigenvalue weighted by molar-refractivity contribution is -0.146. The molecule has 0 amide bonds. The van der Waals surface area contributed by atoms with Crippen LogP contribution in [0.1, 0.15) is 53.4 Å². The summed E-state index contributed by atoms with van der Waals surface area (Å²) in [5, 5.41) is 3.28. The van der Waals surface area contributed by atoms with Gasteiger partial charge in [0.25, 0.3) is 0 Å². The molecule has 118 valence electrons. The third-order valence-electron chi connectivity index (χ3n) is 3.88. The predicted molar refractivity (Wildman–Crippen MR) is 82.8 cm³/mol. The fourth-order valence-corrected chi connectivity index (χ4v) is 3.06. The van der Waals surface area contributed by atoms with Crippen LogP contribution in [0.2, 0.25) is 0 Å². The van der Waals surface area contributed by atoms with E-state index in [1.165, 1.54) is 25.7 Å². The summed E-state index contributed by atoms with van der Waals surface area (Å²) in [6, 6.07) is 0.451. The first-order chi connectivity index (χ1) is 9.58. The van der Waals surface area contributed by atoms with Crippen LogP contribution >= 0.6 is 0 Å². The molecule has 0 bridgehead atoms. The average Bonchev–Trinajstić information content (AvgIpc) is 2.90. The van der Waals surface area contributed by atoms with Crippen LogP contribution in [0.4, 0.5) is 0 Å². The van der Waals surface area contributed by atoms with Crippen molar-refractivity contribution in [2.24, 2.45) is 5.92 Å². The Morgan fingerprint density at radius 2 is 1.90 bits per heavy atom. The van der Waals surface area contributed by atoms with E-state index in [0.29, 0.717) is 18.6 Å². The Hall–Kier alpha value is -0.610. The van der Waals surface area contributed by atoms with Crippen molar-refractivity contribution in [1.29, 1.82) is 0 Å². The van der Waals surface area contributed by atoms with Gasteiger partial charge in [-0.25, -0.2) is 0 Å². The molecule has 0 aromatic rings. The normalized spacial score (nSPS) is 17.9. The van der Waals surface area contributed by atoms with Crippen LogP contribution in [0.5, 0.6) is 0 Å². The minimum absolute atomic E-state index is 0.110. The van der Waals surface area contributed by atoms with E-state index in [1.54, 1.807) is 0 Å². The molecule has 1 fully saturated rings. The summed E-state index contributed by atoms with van der Waals surface area (Å²) in [5.74, 6) is 0.515. The zero-order valence-electron chi connectivity index (χ0n) is 13.7. The van der Waals surface area contributed by atoms with E-state index in [2.05, 4.69) is 24.1 Å². The van der Waals surface area contributed by atoms with Gasteiger partial charge in [-0.15, -0.1) is 0 Å². The van der Waals surface area contributed by atoms with E-state index in [1.807, 2.05) is 13.8 Å². The SMILES string of the molecule is CCNC(CN(CC(C)C)C1CCCC1)C(=O)OCC. The van der Waals surface area contributed by atoms with Gasteiger partial charge < -0.3 is 10.1 Å². The lowest BCUT2D eigenvalue weighted by atomic mass is 10.1. The Kier molecular flexibility index (Phi) is 8.15. The Balaban J connectivity index is 2.64. The van der Waals surface area contributed by atoms with Crippen LogP contribution in [0.3, 0.4) is 0 Å². The van der Waals surface area contributed by atoms with Crippen molar-refractivity contribution in [2.45, 2.75) is 65.5 Å². The molecule has 0 radical (unpaired) electrons. The highest BCUT2D eigenvalue weighted by Gasteiger charge is 2.28. The maximum atomic E-state index is 12.1. The topological polar surface area (TPSA) is 41.6 Å². The first kappa shape index (κ1) is 17.4. The molecule has 1 unspecified atom stereocenters. The third-order valence-corrected chi connectivity index (χ3v) is 3.88. The van der Waals surface area contributed by atoms with Crippen LogP contribution in [-0.4, -0.2) is 49.2 Å². The summed E-state index contributed by atoms with van der Waals surface area (Å²) < 4.78 is 5.20. The molecule has 0 aromatic heterocycles. The molecule has 1 saturated carbocycles. The molecule has 0 heterocycles. The molecule has 0 aliphatic heterocycles. The fraction of sp³-hybridized carbons (Fsp3) is 0.938. The zero-order valence-corrected chi connectivity index (χ0v) is 13.7. The first-order valence-corrected chi connectivity index (χ1v) is 8.22. The number of ether oxygens (including phenoxy) is 1. The van der Waals surface area contributed by atoms with E-state index in [9.17, 15) is 4.79 Å². The standard InChI is InChI=1S/C16H32N2O2/c1-5-17-15(16(19)20-6-2)12-18(11-13(3)4)14-9-7-8-10-14/h13-15,17H,5-12H2,1-4H3. The average molecular weight is 284 g/mol. The van der Waals surface area contributed by atoms with Crippen molar-refractivity contribution < 1.29 is 9.53 Å². The molecule has 0 aromatic carbocycles. The molecular formula is C16H32N2O2. The lowest BCUT2D eigenvalue weighted by Crippen LogP contribution is -2.50. The highest BCUT2D eigenvalue weighted by atomic mass is 16.5. The van der Waals surface area contributed by atoms with Gasteiger partial charge in [-0.1, -0.05) is 33.6 Å². The molecule has 4 heteroatoms. The van der Waals surface area contributed by atoms with Gasteiger partial charge in [0.15, 0.2) is 0 Å². The number of hydrogen-bond acceptors (Lipinski definition) is 4. The minimum atomic E-state index is -0.195. The second-order valence-corrected chi connectivity index (χ2v) is 6.15. The van der Waals surface area contributed by atoms with Gasteiger partial charge in [0.1, 0.15) is 6.04 Å². The molecule has 1 rings (SSSR count). The van der Waals surface area contributed by atoms with Crippen LogP contribution in [0, 0.1) is 5.92 Å². The number of carbonyl (C=O) groups is 1. The number of nitrogens with one attached hydrogen (secondary N) is 1. The van der Waals surface area contributed by atoms with Gasteiger partial charge in [-0.2, -0.15) is 0 Å². The smallest absolute Gasteiger partial charge is 0.324 e. The monoisotopic (exact) mass is 284 g/mol. The molecule has 20 heavy (non-hydrogen) atoms. The fourth-order valence-electron chi connectivity index (χ4n) is 3.06. The van der Waals surface area contributed by atoms with Gasteiger partial charge >= 0.3 is 5.97 Å². The second-order valence-electron chi connectivity index (χ2n) is 6.15. The Morgan fingerprint density at radius 1 is 1.25 bits per heavy atom. The number of carbonyl (C=O) groups excluding carboxylic acids is 1. The first-order valence-electron chi connectivity index (χ1n) is 8.22. The molecule has 1 aliphatic carbocycles. The summed E-state index contributed by atoms with van der Waals surface area (Å²) in [6.45, 7) is 11.5. The molecule has 1 atom stereocenters. The summed E-state index contributed by atoms with van der Waals surface area (Å²) in [7, 11) is 0. The molecule has 4 nitrogen and oxygen atoms in total. The van der Waals surface area contributed by atoms with E-state index < -0.39 is 0 Å². The van der Waals surface area contributed by atoms with Crippen LogP contribution in [0.25, 0.3) is 0 Å². The van der Waals surface area contributed by atoms with Crippen molar-refractivity contribution >= 4 is 5.97 Å². The number of esters is 1. The van der Waals surface area contributed by atoms with Crippen molar-refractivity contribution in [3.63, 3.8) is 0 Å². The van der Waals surface area contributed by atoms with Crippen molar-refractivity contribution in [1.82, 2.24) is 10.2 Å². The molecule has 0 saturated heterocycles. The zero-order chi connectivity index (χ0) is 15.0. The summed E-state index contributed by atoms with van der Waals surface area (Å²) in [6.07, 6.45) is 5.19. The Morgan fingerprint density at radius 3 is 2.40 bits per heavy atom. The second kappa shape index (κ2) is 9.35. The number of nitrogens with zero attached hydrogens (tertiary/aromatic N) is 1. The van der Waals surface area contributed by atoms with Crippen molar-refractivity contribution in [3.05, 3.63) is 0 Å². The number of rotatable bonds is 9. The third kappa shape index (κ3) is 5.80. The van der Waals surface area contributed by atoms with E-state index in [0.717, 1.165) is 19.6 Å². The summed E-state index contributed by atoms with van der Waals surface area (Å²) in [5.41, 5.74) is 0. The minimum Gasteiger partial charge on any atom is -0.465 e. The number of hydrogen-bond donors (Lipinski definition) is 1. The largest absolute Gasteiger partial charge is 0.465 e. The highest BCUT2D eigenvalue weighted by molar-refractivity contribution is 5.76. The summed E-state index contributed by atoms with van der Waals surface area (Å²) in [4.78, 5) is 14.6. The van der Waals surface area contributed by atoms with Gasteiger partial charge in [0.05, 0.1) is 6.61 Å². The Bertz CT molecular complexity index is 276. The van der Waals surface area contributed by atoms with E-state index in [-0.39, 0.29) is 12.0 Å². The summed E-state index contributed by atoms with van der Waals surface area (Å²) >= 11 is 0. The maximum absolute atomic E-state index is 12.1. The molecule has 1 N–H and O–H groups in total. The van der Waals surface area contributed by atoms with Crippen LogP contribution < -0.4 is 5.32 Å². The van der Waals surface area contributed by atoms with Gasteiger partial charge in [-0.3, -0.25) is 9.69 Å². The Labute approximate surface area is 124 Å². The van der Waals surface area contributed by atoms with Crippen molar-refractivity contribution in [3.8, 4) is 0 Å². The van der Waals surface area contributed by atoms with E-state index >= 15 is 0 Å². The van der Waals surface area contributed by atoms with Gasteiger partial charge in [-0.05, 0) is 32.2 Å². The number of likely N-dealkylation sites (N-methyl/N-ethyl adjacent to an activating group) is 1. The highest BCUT2D eigenvalue weighted by Crippen LogP contribution is 2.24. The molecule has 1 aliphatic rings.